The molecular formula is C37H40F6N2O4S. The Bertz CT molecular complexity index is 1540. The van der Waals surface area contributed by atoms with E-state index in [0.29, 0.717) is 30.2 Å². The Labute approximate surface area is 292 Å². The lowest BCUT2D eigenvalue weighted by Gasteiger charge is -2.23. The third-order valence-electron chi connectivity index (χ3n) is 7.27. The monoisotopic (exact) mass is 722 g/mol. The van der Waals surface area contributed by atoms with Gasteiger partial charge in [-0.2, -0.15) is 26.3 Å². The number of aliphatic hydroxyl groups excluding tert-OH is 1. The Kier molecular flexibility index (Phi) is 16.0. The maximum atomic E-state index is 12.7. The second-order valence-corrected chi connectivity index (χ2v) is 12.1. The van der Waals surface area contributed by atoms with Crippen molar-refractivity contribution in [2.45, 2.75) is 37.4 Å². The molecule has 2 N–H and O–H groups in total. The molecule has 0 aliphatic heterocycles. The average Bonchev–Trinajstić information content (AvgIpc) is 3.11. The minimum atomic E-state index is -4.40. The van der Waals surface area contributed by atoms with Gasteiger partial charge in [-0.1, -0.05) is 72.4 Å². The second-order valence-electron chi connectivity index (χ2n) is 11.0. The topological polar surface area (TPSA) is 71.0 Å². The van der Waals surface area contributed by atoms with Gasteiger partial charge >= 0.3 is 12.4 Å². The highest BCUT2D eigenvalue weighted by molar-refractivity contribution is 8.13. The molecule has 6 nitrogen and oxygen atoms in total. The van der Waals surface area contributed by atoms with Crippen molar-refractivity contribution in [3.05, 3.63) is 131 Å². The van der Waals surface area contributed by atoms with Gasteiger partial charge in [-0.05, 0) is 73.3 Å². The van der Waals surface area contributed by atoms with Crippen molar-refractivity contribution in [3.8, 4) is 11.5 Å². The first kappa shape index (κ1) is 40.2. The third kappa shape index (κ3) is 13.6. The molecule has 4 rings (SSSR count). The van der Waals surface area contributed by atoms with Crippen LogP contribution in [0.25, 0.3) is 0 Å². The molecule has 2 atom stereocenters. The maximum Gasteiger partial charge on any atom is 0.416 e. The molecule has 13 heteroatoms. The first-order valence-corrected chi connectivity index (χ1v) is 16.7. The molecule has 0 saturated heterocycles. The summed E-state index contributed by atoms with van der Waals surface area (Å²) in [6, 6.07) is 28.3. The van der Waals surface area contributed by atoms with Crippen LogP contribution in [-0.2, 0) is 12.4 Å². The Hall–Kier alpha value is -4.20. The number of benzene rings is 4. The number of aliphatic hydroxyl groups is 1. The standard InChI is InChI=1S/C20H22F3NO3S.C17H18F3NO/c1-24(19(26)28-14-13-25)12-11-18(15-5-3-2-4-6-15)27-17-9-7-16(8-10-17)20(21,22)23;1-21-12-11-16(13-5-3-2-4-6-13)22-15-9-7-14(8-10-15)17(18,19)20/h2-10,18,25H,11-14H2,1H3;2-10,16,21H,11-12H2,1H3. The van der Waals surface area contributed by atoms with Crippen LogP contribution in [0.3, 0.4) is 0 Å². The Morgan fingerprint density at radius 2 is 1.14 bits per heavy atom. The largest absolute Gasteiger partial charge is 0.486 e. The highest BCUT2D eigenvalue weighted by Crippen LogP contribution is 2.33. The van der Waals surface area contributed by atoms with Crippen molar-refractivity contribution in [1.82, 2.24) is 10.2 Å². The van der Waals surface area contributed by atoms with Crippen molar-refractivity contribution in [1.29, 1.82) is 0 Å². The number of carbonyl (C=O) groups is 1. The molecule has 0 fully saturated rings. The molecule has 0 aliphatic rings. The van der Waals surface area contributed by atoms with Crippen molar-refractivity contribution in [2.75, 3.05) is 39.5 Å². The van der Waals surface area contributed by atoms with Crippen LogP contribution in [0.5, 0.6) is 11.5 Å². The SMILES string of the molecule is CN(CCC(Oc1ccc(C(F)(F)F)cc1)c1ccccc1)C(=O)SCCO.CNCCC(Oc1ccc(C(F)(F)F)cc1)c1ccccc1. The van der Waals surface area contributed by atoms with Gasteiger partial charge in [0.25, 0.3) is 5.24 Å². The number of amides is 1. The molecule has 2 unspecified atom stereocenters. The Balaban J connectivity index is 0.000000278. The molecule has 50 heavy (non-hydrogen) atoms. The number of nitrogens with zero attached hydrogens (tertiary/aromatic N) is 1. The molecule has 0 spiro atoms. The summed E-state index contributed by atoms with van der Waals surface area (Å²) in [5.41, 5.74) is 0.456. The van der Waals surface area contributed by atoms with Crippen molar-refractivity contribution in [3.63, 3.8) is 0 Å². The summed E-state index contributed by atoms with van der Waals surface area (Å²) in [4.78, 5) is 13.5. The first-order valence-electron chi connectivity index (χ1n) is 15.7. The third-order valence-corrected chi connectivity index (χ3v) is 8.22. The van der Waals surface area contributed by atoms with Gasteiger partial charge in [-0.25, -0.2) is 0 Å². The zero-order chi connectivity index (χ0) is 36.6. The van der Waals surface area contributed by atoms with Crippen LogP contribution in [0.15, 0.2) is 109 Å². The lowest BCUT2D eigenvalue weighted by atomic mass is 10.1. The van der Waals surface area contributed by atoms with Crippen LogP contribution >= 0.6 is 11.8 Å². The maximum absolute atomic E-state index is 12.7. The van der Waals surface area contributed by atoms with Gasteiger partial charge in [-0.15, -0.1) is 0 Å². The number of alkyl halides is 6. The average molecular weight is 723 g/mol. The molecule has 4 aromatic carbocycles. The fraction of sp³-hybridized carbons (Fsp3) is 0.324. The van der Waals surface area contributed by atoms with E-state index < -0.39 is 29.6 Å². The van der Waals surface area contributed by atoms with E-state index in [4.69, 9.17) is 14.6 Å². The summed E-state index contributed by atoms with van der Waals surface area (Å²) in [6.07, 6.45) is -8.16. The van der Waals surface area contributed by atoms with Crippen molar-refractivity contribution in [2.24, 2.45) is 0 Å². The molecule has 4 aromatic rings. The van der Waals surface area contributed by atoms with Gasteiger partial charge in [0.15, 0.2) is 0 Å². The number of carbonyl (C=O) groups excluding carboxylic acids is 1. The number of rotatable bonds is 14. The summed E-state index contributed by atoms with van der Waals surface area (Å²) in [5.74, 6) is 1.08. The second kappa shape index (κ2) is 19.9. The van der Waals surface area contributed by atoms with Gasteiger partial charge in [0.2, 0.25) is 0 Å². The minimum absolute atomic E-state index is 0.0755. The summed E-state index contributed by atoms with van der Waals surface area (Å²) >= 11 is 1.03. The quantitative estimate of drug-likeness (QED) is 0.127. The molecule has 1 amide bonds. The number of hydrogen-bond donors (Lipinski definition) is 2. The lowest BCUT2D eigenvalue weighted by Crippen LogP contribution is -2.26. The molecule has 270 valence electrons. The fourth-order valence-corrected chi connectivity index (χ4v) is 5.19. The Morgan fingerprint density at radius 3 is 1.52 bits per heavy atom. The van der Waals surface area contributed by atoms with E-state index in [-0.39, 0.29) is 18.0 Å². The summed E-state index contributed by atoms with van der Waals surface area (Å²) in [7, 11) is 3.51. The molecule has 0 heterocycles. The molecular weight excluding hydrogens is 682 g/mol. The van der Waals surface area contributed by atoms with E-state index in [9.17, 15) is 31.1 Å². The minimum Gasteiger partial charge on any atom is -0.486 e. The summed E-state index contributed by atoms with van der Waals surface area (Å²) < 4.78 is 87.7. The Morgan fingerprint density at radius 1 is 0.720 bits per heavy atom. The smallest absolute Gasteiger partial charge is 0.416 e. The van der Waals surface area contributed by atoms with Crippen molar-refractivity contribution < 1.29 is 45.7 Å². The zero-order valence-corrected chi connectivity index (χ0v) is 28.4. The van der Waals surface area contributed by atoms with Crippen LogP contribution in [0, 0.1) is 0 Å². The molecule has 0 saturated carbocycles. The van der Waals surface area contributed by atoms with Gasteiger partial charge in [-0.3, -0.25) is 4.79 Å². The molecule has 0 radical (unpaired) electrons. The van der Waals surface area contributed by atoms with E-state index in [1.807, 2.05) is 67.7 Å². The van der Waals surface area contributed by atoms with Crippen LogP contribution in [0.4, 0.5) is 31.1 Å². The number of halogens is 6. The molecule has 0 bridgehead atoms. The molecule has 0 aromatic heterocycles. The lowest BCUT2D eigenvalue weighted by molar-refractivity contribution is -0.138. The van der Waals surface area contributed by atoms with E-state index in [2.05, 4.69) is 5.32 Å². The number of thioether (sulfide) groups is 1. The normalized spacial score (nSPS) is 12.7. The van der Waals surface area contributed by atoms with E-state index in [1.165, 1.54) is 29.2 Å². The molecule has 0 aliphatic carbocycles. The van der Waals surface area contributed by atoms with Crippen molar-refractivity contribution >= 4 is 17.0 Å². The van der Waals surface area contributed by atoms with E-state index >= 15 is 0 Å². The van der Waals surface area contributed by atoms with E-state index in [1.54, 1.807) is 7.05 Å². The predicted octanol–water partition coefficient (Wildman–Crippen LogP) is 9.43. The summed E-state index contributed by atoms with van der Waals surface area (Å²) in [5, 5.41) is 11.7. The van der Waals surface area contributed by atoms with Crippen LogP contribution in [-0.4, -0.2) is 54.8 Å². The highest BCUT2D eigenvalue weighted by atomic mass is 32.2. The summed E-state index contributed by atoms with van der Waals surface area (Å²) in [6.45, 7) is 1.07. The van der Waals surface area contributed by atoms with Gasteiger partial charge in [0.05, 0.1) is 17.7 Å². The van der Waals surface area contributed by atoms with E-state index in [0.717, 1.165) is 60.1 Å². The zero-order valence-electron chi connectivity index (χ0n) is 27.6. The van der Waals surface area contributed by atoms with Crippen LogP contribution in [0.2, 0.25) is 0 Å². The van der Waals surface area contributed by atoms with Gasteiger partial charge in [0, 0.05) is 32.2 Å². The van der Waals surface area contributed by atoms with Crippen LogP contribution < -0.4 is 14.8 Å². The highest BCUT2D eigenvalue weighted by Gasteiger charge is 2.31. The number of ether oxygens (including phenoxy) is 2. The first-order chi connectivity index (χ1) is 23.8. The predicted molar refractivity (Wildman–Crippen MR) is 183 cm³/mol. The number of nitrogens with one attached hydrogen (secondary N) is 1. The number of hydrogen-bond acceptors (Lipinski definition) is 6. The fourth-order valence-electron chi connectivity index (χ4n) is 4.62. The van der Waals surface area contributed by atoms with Gasteiger partial charge < -0.3 is 24.8 Å². The van der Waals surface area contributed by atoms with Gasteiger partial charge in [0.1, 0.15) is 23.7 Å². The van der Waals surface area contributed by atoms with Crippen LogP contribution in [0.1, 0.15) is 47.3 Å².